The fourth-order valence-electron chi connectivity index (χ4n) is 1.66. The van der Waals surface area contributed by atoms with Crippen LogP contribution in [0.4, 0.5) is 13.2 Å². The third kappa shape index (κ3) is 9.96. The van der Waals surface area contributed by atoms with Crippen molar-refractivity contribution in [3.05, 3.63) is 0 Å². The normalized spacial score (nSPS) is 15.9. The second-order valence-corrected chi connectivity index (χ2v) is 6.79. The Balaban J connectivity index is 4.25. The van der Waals surface area contributed by atoms with Crippen molar-refractivity contribution in [3.63, 3.8) is 0 Å². The number of alkyl halides is 3. The van der Waals surface area contributed by atoms with Gasteiger partial charge in [0, 0.05) is 5.92 Å². The number of hydrogen-bond acceptors (Lipinski definition) is 6. The van der Waals surface area contributed by atoms with Crippen molar-refractivity contribution in [3.8, 4) is 0 Å². The summed E-state index contributed by atoms with van der Waals surface area (Å²) in [5, 5.41) is 0. The van der Waals surface area contributed by atoms with Gasteiger partial charge in [-0.2, -0.15) is 13.2 Å². The van der Waals surface area contributed by atoms with Gasteiger partial charge in [-0.3, -0.25) is 0 Å². The van der Waals surface area contributed by atoms with E-state index in [1.54, 1.807) is 6.92 Å². The molecule has 0 aromatic heterocycles. The molecule has 0 saturated heterocycles. The average Bonchev–Trinajstić information content (AvgIpc) is 2.54. The lowest BCUT2D eigenvalue weighted by atomic mass is 10.1. The molecule has 3 atom stereocenters. The lowest BCUT2D eigenvalue weighted by molar-refractivity contribution is -0.201. The van der Waals surface area contributed by atoms with Crippen LogP contribution < -0.4 is 0 Å². The van der Waals surface area contributed by atoms with E-state index in [0.717, 1.165) is 6.42 Å². The molecule has 0 bridgehead atoms. The third-order valence-corrected chi connectivity index (χ3v) is 3.44. The van der Waals surface area contributed by atoms with Crippen LogP contribution in [0.3, 0.4) is 0 Å². The van der Waals surface area contributed by atoms with E-state index in [2.05, 4.69) is 4.74 Å². The highest BCUT2D eigenvalue weighted by atomic mass is 19.4. The van der Waals surface area contributed by atoms with Gasteiger partial charge in [0.15, 0.2) is 5.60 Å². The van der Waals surface area contributed by atoms with Gasteiger partial charge in [-0.25, -0.2) is 9.59 Å². The van der Waals surface area contributed by atoms with Crippen LogP contribution in [0.15, 0.2) is 0 Å². The predicted molar refractivity (Wildman–Crippen MR) is 87.5 cm³/mol. The molecule has 0 amide bonds. The molecule has 0 N–H and O–H groups in total. The van der Waals surface area contributed by atoms with Crippen molar-refractivity contribution < 1.29 is 41.7 Å². The van der Waals surface area contributed by atoms with Gasteiger partial charge in [-0.15, -0.1) is 0 Å². The minimum Gasteiger partial charge on any atom is -0.461 e. The fourth-order valence-corrected chi connectivity index (χ4v) is 1.66. The molecule has 0 heterocycles. The Labute approximate surface area is 152 Å². The molecule has 9 heteroatoms. The summed E-state index contributed by atoms with van der Waals surface area (Å²) < 4.78 is 56.5. The summed E-state index contributed by atoms with van der Waals surface area (Å²) in [6.45, 7) is 9.71. The van der Waals surface area contributed by atoms with Crippen molar-refractivity contribution in [2.75, 3.05) is 19.8 Å². The molecule has 0 aromatic carbocycles. The molecule has 0 radical (unpaired) electrons. The van der Waals surface area contributed by atoms with Crippen LogP contribution in [0.1, 0.15) is 48.0 Å². The Morgan fingerprint density at radius 3 is 1.92 bits per heavy atom. The summed E-state index contributed by atoms with van der Waals surface area (Å²) in [6.07, 6.45) is -4.42. The lowest BCUT2D eigenvalue weighted by Crippen LogP contribution is -2.40. The summed E-state index contributed by atoms with van der Waals surface area (Å²) in [7, 11) is 0. The molecular weight excluding hydrogens is 357 g/mol. The zero-order chi connectivity index (χ0) is 20.5. The maximum atomic E-state index is 12.1. The van der Waals surface area contributed by atoms with Gasteiger partial charge in [-0.05, 0) is 34.1 Å². The second-order valence-electron chi connectivity index (χ2n) is 6.79. The Morgan fingerprint density at radius 1 is 0.885 bits per heavy atom. The quantitative estimate of drug-likeness (QED) is 0.508. The minimum absolute atomic E-state index is 0.0493. The fraction of sp³-hybridized carbons (Fsp3) is 0.882. The van der Waals surface area contributed by atoms with E-state index < -0.39 is 36.2 Å². The Hall–Kier alpha value is -1.35. The first-order valence-corrected chi connectivity index (χ1v) is 8.50. The topological polar surface area (TPSA) is 71.1 Å². The van der Waals surface area contributed by atoms with E-state index in [-0.39, 0.29) is 25.4 Å². The van der Waals surface area contributed by atoms with E-state index in [1.165, 1.54) is 20.8 Å². The van der Waals surface area contributed by atoms with Crippen LogP contribution in [0.25, 0.3) is 0 Å². The van der Waals surface area contributed by atoms with Gasteiger partial charge in [0.2, 0.25) is 0 Å². The van der Waals surface area contributed by atoms with E-state index in [4.69, 9.17) is 14.2 Å². The summed E-state index contributed by atoms with van der Waals surface area (Å²) in [6, 6.07) is 0. The number of carbonyl (C=O) groups is 2. The molecule has 0 spiro atoms. The summed E-state index contributed by atoms with van der Waals surface area (Å²) in [5.41, 5.74) is -1.29. The second kappa shape index (κ2) is 10.7. The SMILES string of the molecule is CCC(C)OC(C)COC(=O)C(C)(C)OCC(C)COC(=O)C(F)(F)F. The monoisotopic (exact) mass is 386 g/mol. The molecule has 0 aliphatic carbocycles. The number of rotatable bonds is 11. The van der Waals surface area contributed by atoms with Gasteiger partial charge >= 0.3 is 18.1 Å². The number of ether oxygens (including phenoxy) is 4. The number of carbonyl (C=O) groups excluding carboxylic acids is 2. The van der Waals surface area contributed by atoms with E-state index >= 15 is 0 Å². The molecular formula is C17H29F3O6. The van der Waals surface area contributed by atoms with Crippen molar-refractivity contribution >= 4 is 11.9 Å². The van der Waals surface area contributed by atoms with Crippen molar-refractivity contribution in [1.82, 2.24) is 0 Å². The molecule has 0 aromatic rings. The Kier molecular flexibility index (Phi) is 10.2. The first-order chi connectivity index (χ1) is 11.8. The number of hydrogen-bond donors (Lipinski definition) is 0. The third-order valence-electron chi connectivity index (χ3n) is 3.44. The standard InChI is InChI=1S/C17H29F3O6/c1-7-12(3)26-13(4)10-24-14(21)16(5,6)25-9-11(2)8-23-15(22)17(18,19)20/h11-13H,7-10H2,1-6H3. The molecule has 6 nitrogen and oxygen atoms in total. The van der Waals surface area contributed by atoms with Gasteiger partial charge in [0.1, 0.15) is 6.61 Å². The zero-order valence-electron chi connectivity index (χ0n) is 16.1. The minimum atomic E-state index is -5.03. The molecule has 3 unspecified atom stereocenters. The molecule has 26 heavy (non-hydrogen) atoms. The van der Waals surface area contributed by atoms with Gasteiger partial charge < -0.3 is 18.9 Å². The van der Waals surface area contributed by atoms with Gasteiger partial charge in [0.25, 0.3) is 0 Å². The highest BCUT2D eigenvalue weighted by Crippen LogP contribution is 2.18. The highest BCUT2D eigenvalue weighted by molar-refractivity contribution is 5.78. The molecule has 0 rings (SSSR count). The summed E-state index contributed by atoms with van der Waals surface area (Å²) >= 11 is 0. The van der Waals surface area contributed by atoms with E-state index in [0.29, 0.717) is 0 Å². The Bertz CT molecular complexity index is 450. The number of halogens is 3. The molecule has 0 fully saturated rings. The molecule has 0 saturated carbocycles. The first-order valence-electron chi connectivity index (χ1n) is 8.50. The lowest BCUT2D eigenvalue weighted by Gasteiger charge is -2.26. The smallest absolute Gasteiger partial charge is 0.461 e. The van der Waals surface area contributed by atoms with Gasteiger partial charge in [0.05, 0.1) is 25.4 Å². The van der Waals surface area contributed by atoms with Gasteiger partial charge in [-0.1, -0.05) is 13.8 Å². The average molecular weight is 386 g/mol. The van der Waals surface area contributed by atoms with Crippen molar-refractivity contribution in [2.24, 2.45) is 5.92 Å². The van der Waals surface area contributed by atoms with Crippen LogP contribution in [0.5, 0.6) is 0 Å². The van der Waals surface area contributed by atoms with Crippen molar-refractivity contribution in [1.29, 1.82) is 0 Å². The molecule has 0 aliphatic heterocycles. The van der Waals surface area contributed by atoms with E-state index in [1.807, 2.05) is 13.8 Å². The maximum Gasteiger partial charge on any atom is 0.490 e. The zero-order valence-corrected chi connectivity index (χ0v) is 16.1. The Morgan fingerprint density at radius 2 is 1.42 bits per heavy atom. The van der Waals surface area contributed by atoms with Crippen LogP contribution in [0.2, 0.25) is 0 Å². The highest BCUT2D eigenvalue weighted by Gasteiger charge is 2.41. The van der Waals surface area contributed by atoms with Crippen LogP contribution in [-0.4, -0.2) is 55.7 Å². The summed E-state index contributed by atoms with van der Waals surface area (Å²) in [5.74, 6) is -3.39. The predicted octanol–water partition coefficient (Wildman–Crippen LogP) is 3.27. The first kappa shape index (κ1) is 24.7. The maximum absolute atomic E-state index is 12.1. The largest absolute Gasteiger partial charge is 0.490 e. The van der Waals surface area contributed by atoms with Crippen LogP contribution in [-0.2, 0) is 28.5 Å². The summed E-state index contributed by atoms with van der Waals surface area (Å²) in [4.78, 5) is 22.7. The van der Waals surface area contributed by atoms with E-state index in [9.17, 15) is 22.8 Å². The number of esters is 2. The van der Waals surface area contributed by atoms with Crippen molar-refractivity contribution in [2.45, 2.75) is 71.9 Å². The molecule has 0 aliphatic rings. The molecule has 154 valence electrons. The van der Waals surface area contributed by atoms with Crippen LogP contribution in [0, 0.1) is 5.92 Å². The van der Waals surface area contributed by atoms with Crippen LogP contribution >= 0.6 is 0 Å².